The van der Waals surface area contributed by atoms with Crippen molar-refractivity contribution in [1.82, 2.24) is 4.13 Å². The molecule has 3 N–H and O–H groups in total. The molecular weight excluding hydrogens is 593 g/mol. The van der Waals surface area contributed by atoms with Gasteiger partial charge in [0, 0.05) is 16.1 Å². The molecule has 32 heavy (non-hydrogen) atoms. The van der Waals surface area contributed by atoms with Gasteiger partial charge in [-0.2, -0.15) is 21.6 Å². The summed E-state index contributed by atoms with van der Waals surface area (Å²) < 4.78 is 118. The van der Waals surface area contributed by atoms with E-state index in [1.807, 2.05) is 0 Å². The maximum atomic E-state index is 12.7. The van der Waals surface area contributed by atoms with Gasteiger partial charge in [-0.25, -0.2) is 16.8 Å². The highest BCUT2D eigenvalue weighted by Crippen LogP contribution is 2.48. The fourth-order valence-electron chi connectivity index (χ4n) is 2.25. The maximum Gasteiger partial charge on any atom is 0.512 e. The van der Waals surface area contributed by atoms with E-state index in [0.29, 0.717) is 16.3 Å². The van der Waals surface area contributed by atoms with E-state index in [1.165, 1.54) is 0 Å². The Hall–Kier alpha value is -1.04. The van der Waals surface area contributed by atoms with Gasteiger partial charge in [0.05, 0.1) is 20.0 Å². The topological polar surface area (TPSA) is 155 Å². The number of benzene rings is 2. The van der Waals surface area contributed by atoms with Crippen LogP contribution in [0.1, 0.15) is 0 Å². The molecule has 0 saturated carbocycles. The van der Waals surface area contributed by atoms with E-state index in [1.54, 1.807) is 0 Å². The zero-order valence-electron chi connectivity index (χ0n) is 14.4. The van der Waals surface area contributed by atoms with E-state index in [4.69, 9.17) is 51.0 Å². The Labute approximate surface area is 198 Å². The minimum atomic E-state index is -6.43. The predicted octanol–water partition coefficient (Wildman–Crippen LogP) is 4.05. The van der Waals surface area contributed by atoms with Gasteiger partial charge < -0.3 is 5.11 Å². The molecule has 0 aliphatic heterocycles. The van der Waals surface area contributed by atoms with Crippen LogP contribution >= 0.6 is 46.4 Å². The van der Waals surface area contributed by atoms with Crippen molar-refractivity contribution in [3.8, 4) is 16.9 Å². The van der Waals surface area contributed by atoms with Crippen LogP contribution in [0.4, 0.5) is 13.2 Å². The number of hydrogen-bond acceptors (Lipinski definition) is 7. The Morgan fingerprint density at radius 3 is 1.78 bits per heavy atom. The van der Waals surface area contributed by atoms with Gasteiger partial charge in [0.15, 0.2) is 5.75 Å². The van der Waals surface area contributed by atoms with Crippen LogP contribution in [-0.4, -0.2) is 40.4 Å². The van der Waals surface area contributed by atoms with Crippen LogP contribution in [0.3, 0.4) is 0 Å². The first-order chi connectivity index (χ1) is 14.2. The molecule has 2 rings (SSSR count). The lowest BCUT2D eigenvalue weighted by Crippen LogP contribution is -2.40. The highest BCUT2D eigenvalue weighted by molar-refractivity contribution is 8.05. The molecule has 0 aromatic heterocycles. The van der Waals surface area contributed by atoms with Gasteiger partial charge in [-0.3, -0.25) is 4.55 Å². The first-order valence-corrected chi connectivity index (χ1v) is 13.1. The van der Waals surface area contributed by atoms with Crippen LogP contribution < -0.4 is 4.13 Å². The molecule has 178 valence electrons. The average molecular weight is 599 g/mol. The molecule has 2 aromatic rings. The number of hydrogen-bond donors (Lipinski definition) is 3. The Balaban J connectivity index is 2.95. The summed E-state index contributed by atoms with van der Waals surface area (Å²) in [6, 6.07) is 1.81. The monoisotopic (exact) mass is 597 g/mol. The molecule has 2 aromatic carbocycles. The summed E-state index contributed by atoms with van der Waals surface area (Å²) in [5.74, 6) is -1.32. The lowest BCUT2D eigenvalue weighted by Gasteiger charge is -2.18. The Bertz CT molecular complexity index is 1440. The number of alkyl halides is 3. The van der Waals surface area contributed by atoms with E-state index in [9.17, 15) is 43.5 Å². The molecular formula is C13H6Cl4F3NO8S3. The number of halogens is 7. The molecule has 0 aliphatic rings. The second kappa shape index (κ2) is 8.63. The SMILES string of the molecule is O=S(=O)(O)c1cc(Cl)c(-c2c(Cl)cc(Cl)cc2S(=O)(=O)NS(=O)(=O)C(F)(F)F)c(Cl)c1O. The summed E-state index contributed by atoms with van der Waals surface area (Å²) in [5.41, 5.74) is -7.59. The molecule has 9 nitrogen and oxygen atoms in total. The molecule has 0 saturated heterocycles. The highest BCUT2D eigenvalue weighted by Gasteiger charge is 2.49. The largest absolute Gasteiger partial charge is 0.512 e. The van der Waals surface area contributed by atoms with Crippen LogP contribution in [0.25, 0.3) is 11.1 Å². The van der Waals surface area contributed by atoms with Crippen molar-refractivity contribution in [2.45, 2.75) is 15.3 Å². The van der Waals surface area contributed by atoms with E-state index in [0.717, 1.165) is 6.07 Å². The third-order valence-corrected chi connectivity index (χ3v) is 8.83. The van der Waals surface area contributed by atoms with Crippen molar-refractivity contribution < 1.29 is 48.1 Å². The number of phenolic OH excluding ortho intramolecular Hbond substituents is 1. The molecule has 0 fully saturated rings. The lowest BCUT2D eigenvalue weighted by molar-refractivity contribution is -0.0441. The standard InChI is InChI=1S/C13H6Cl4F3NO8S3/c14-4-1-5(15)9(7(2-4)30(23,24)21-32(28,29)13(18,19)20)10-6(16)3-8(31(25,26)27)12(22)11(10)17/h1-3,21-22H,(H,25,26,27). The van der Waals surface area contributed by atoms with Crippen LogP contribution in [0.5, 0.6) is 5.75 Å². The fourth-order valence-corrected chi connectivity index (χ4v) is 7.00. The smallest absolute Gasteiger partial charge is 0.505 e. The molecule has 0 radical (unpaired) electrons. The Morgan fingerprint density at radius 2 is 1.31 bits per heavy atom. The van der Waals surface area contributed by atoms with Crippen molar-refractivity contribution in [2.24, 2.45) is 0 Å². The zero-order valence-corrected chi connectivity index (χ0v) is 19.9. The van der Waals surface area contributed by atoms with Crippen LogP contribution in [0, 0.1) is 0 Å². The van der Waals surface area contributed by atoms with Gasteiger partial charge in [-0.1, -0.05) is 50.5 Å². The fraction of sp³-hybridized carbons (Fsp3) is 0.0769. The van der Waals surface area contributed by atoms with Gasteiger partial charge in [0.25, 0.3) is 20.1 Å². The number of nitrogens with one attached hydrogen (secondary N) is 1. The maximum absolute atomic E-state index is 12.7. The number of phenols is 1. The molecule has 0 aliphatic carbocycles. The van der Waals surface area contributed by atoms with Crippen LogP contribution in [0.15, 0.2) is 28.0 Å². The summed E-state index contributed by atoms with van der Waals surface area (Å²) >= 11 is 23.4. The molecule has 0 bridgehead atoms. The number of aromatic hydroxyl groups is 1. The van der Waals surface area contributed by atoms with Gasteiger partial charge in [0.2, 0.25) is 0 Å². The molecule has 19 heteroatoms. The second-order valence-corrected chi connectivity index (χ2v) is 12.3. The highest BCUT2D eigenvalue weighted by atomic mass is 35.5. The van der Waals surface area contributed by atoms with Crippen molar-refractivity contribution in [3.05, 3.63) is 38.3 Å². The molecule has 0 spiro atoms. The minimum Gasteiger partial charge on any atom is -0.505 e. The molecule has 0 heterocycles. The summed E-state index contributed by atoms with van der Waals surface area (Å²) in [7, 11) is -17.1. The van der Waals surface area contributed by atoms with Gasteiger partial charge in [-0.05, 0) is 18.2 Å². The predicted molar refractivity (Wildman–Crippen MR) is 109 cm³/mol. The Kier molecular flexibility index (Phi) is 7.34. The third-order valence-electron chi connectivity index (χ3n) is 3.52. The summed E-state index contributed by atoms with van der Waals surface area (Å²) in [5, 5.41) is 7.15. The van der Waals surface area contributed by atoms with Gasteiger partial charge in [-0.15, -0.1) is 0 Å². The molecule has 0 amide bonds. The van der Waals surface area contributed by atoms with Crippen molar-refractivity contribution in [3.63, 3.8) is 0 Å². The second-order valence-electron chi connectivity index (χ2n) is 5.67. The van der Waals surface area contributed by atoms with Crippen molar-refractivity contribution in [2.75, 3.05) is 0 Å². The summed E-state index contributed by atoms with van der Waals surface area (Å²) in [6.07, 6.45) is 0. The third kappa shape index (κ3) is 5.20. The first-order valence-electron chi connectivity index (χ1n) is 7.23. The minimum absolute atomic E-state index is 0.439. The van der Waals surface area contributed by atoms with E-state index >= 15 is 0 Å². The van der Waals surface area contributed by atoms with E-state index < -0.39 is 82.4 Å². The van der Waals surface area contributed by atoms with Crippen LogP contribution in [-0.2, 0) is 30.2 Å². The zero-order chi connectivity index (χ0) is 25.0. The Morgan fingerprint density at radius 1 is 0.812 bits per heavy atom. The van der Waals surface area contributed by atoms with Gasteiger partial charge in [0.1, 0.15) is 4.90 Å². The first kappa shape index (κ1) is 27.2. The summed E-state index contributed by atoms with van der Waals surface area (Å²) in [4.78, 5) is -2.46. The lowest BCUT2D eigenvalue weighted by atomic mass is 10.0. The quantitative estimate of drug-likeness (QED) is 0.435. The van der Waals surface area contributed by atoms with Crippen molar-refractivity contribution in [1.29, 1.82) is 0 Å². The average Bonchev–Trinajstić information content (AvgIpc) is 2.56. The van der Waals surface area contributed by atoms with Crippen LogP contribution in [0.2, 0.25) is 20.1 Å². The van der Waals surface area contributed by atoms with Crippen molar-refractivity contribution >= 4 is 76.6 Å². The number of sulfonamides is 2. The summed E-state index contributed by atoms with van der Waals surface area (Å²) in [6.45, 7) is 0. The normalized spacial score (nSPS) is 13.4. The molecule has 0 unspecified atom stereocenters. The van der Waals surface area contributed by atoms with Gasteiger partial charge >= 0.3 is 15.5 Å². The van der Waals surface area contributed by atoms with E-state index in [-0.39, 0.29) is 0 Å². The number of rotatable bonds is 5. The van der Waals surface area contributed by atoms with E-state index in [2.05, 4.69) is 0 Å². The molecule has 0 atom stereocenters.